The maximum absolute atomic E-state index is 13.0. The number of amides is 1. The lowest BCUT2D eigenvalue weighted by Gasteiger charge is -2.41. The first-order chi connectivity index (χ1) is 11.3. The number of alkyl halides is 3. The van der Waals surface area contributed by atoms with Crippen LogP contribution in [0.3, 0.4) is 0 Å². The van der Waals surface area contributed by atoms with Crippen molar-refractivity contribution in [3.63, 3.8) is 0 Å². The van der Waals surface area contributed by atoms with E-state index in [1.54, 1.807) is 0 Å². The molecule has 1 heterocycles. The summed E-state index contributed by atoms with van der Waals surface area (Å²) in [4.78, 5) is 22.7. The van der Waals surface area contributed by atoms with Gasteiger partial charge in [0.1, 0.15) is 5.71 Å². The van der Waals surface area contributed by atoms with Gasteiger partial charge in [-0.05, 0) is 6.07 Å². The molecular weight excluding hydrogens is 343 g/mol. The number of non-ortho nitro benzene ring substituents is 1. The second kappa shape index (κ2) is 5.80. The average Bonchev–Trinajstić information content (AvgIpc) is 2.85. The van der Waals surface area contributed by atoms with Crippen LogP contribution >= 0.6 is 0 Å². The number of nitro groups is 1. The molecule has 1 atom stereocenters. The molecule has 0 saturated carbocycles. The zero-order chi connectivity index (χ0) is 19.2. The Hall–Kier alpha value is -2.49. The van der Waals surface area contributed by atoms with Gasteiger partial charge in [0.15, 0.2) is 5.72 Å². The van der Waals surface area contributed by atoms with Gasteiger partial charge in [0.2, 0.25) is 0 Å². The van der Waals surface area contributed by atoms with Crippen molar-refractivity contribution in [1.29, 1.82) is 0 Å². The molecule has 1 aromatic rings. The first kappa shape index (κ1) is 18.8. The van der Waals surface area contributed by atoms with Gasteiger partial charge in [0, 0.05) is 29.5 Å². The van der Waals surface area contributed by atoms with Crippen LogP contribution in [0.1, 0.15) is 37.6 Å². The second-order valence-electron chi connectivity index (χ2n) is 6.71. The normalized spacial score (nSPS) is 21.2. The number of hydrogen-bond acceptors (Lipinski definition) is 5. The van der Waals surface area contributed by atoms with E-state index in [0.717, 1.165) is 12.1 Å². The summed E-state index contributed by atoms with van der Waals surface area (Å²) in [7, 11) is 0. The third-order valence-corrected chi connectivity index (χ3v) is 4.01. The number of carbonyl (C=O) groups is 1. The first-order valence-electron chi connectivity index (χ1n) is 7.23. The van der Waals surface area contributed by atoms with Crippen LogP contribution in [-0.2, 0) is 0 Å². The van der Waals surface area contributed by atoms with Crippen LogP contribution in [0.4, 0.5) is 18.9 Å². The summed E-state index contributed by atoms with van der Waals surface area (Å²) in [6.07, 6.45) is -5.70. The lowest BCUT2D eigenvalue weighted by Crippen LogP contribution is -2.55. The summed E-state index contributed by atoms with van der Waals surface area (Å²) < 4.78 is 39.1. The lowest BCUT2D eigenvalue weighted by atomic mass is 9.80. The minimum Gasteiger partial charge on any atom is -0.368 e. The Kier molecular flexibility index (Phi) is 4.37. The highest BCUT2D eigenvalue weighted by molar-refractivity contribution is 6.00. The van der Waals surface area contributed by atoms with E-state index >= 15 is 0 Å². The van der Waals surface area contributed by atoms with Crippen molar-refractivity contribution in [3.8, 4) is 0 Å². The summed E-state index contributed by atoms with van der Waals surface area (Å²) in [5.41, 5.74) is -5.31. The third-order valence-electron chi connectivity index (χ3n) is 4.01. The van der Waals surface area contributed by atoms with Crippen molar-refractivity contribution in [2.45, 2.75) is 39.1 Å². The monoisotopic (exact) mass is 359 g/mol. The van der Waals surface area contributed by atoms with E-state index in [1.165, 1.54) is 32.9 Å². The number of nitrogens with zero attached hydrogens (tertiary/aromatic N) is 3. The number of benzene rings is 1. The van der Waals surface area contributed by atoms with E-state index in [9.17, 15) is 33.2 Å². The van der Waals surface area contributed by atoms with Crippen LogP contribution in [0.25, 0.3) is 0 Å². The van der Waals surface area contributed by atoms with E-state index < -0.39 is 46.0 Å². The topological polar surface area (TPSA) is 96.0 Å². The zero-order valence-corrected chi connectivity index (χ0v) is 13.7. The van der Waals surface area contributed by atoms with Crippen molar-refractivity contribution >= 4 is 17.3 Å². The molecule has 7 nitrogen and oxygen atoms in total. The molecule has 136 valence electrons. The van der Waals surface area contributed by atoms with Crippen molar-refractivity contribution < 1.29 is 28.0 Å². The van der Waals surface area contributed by atoms with E-state index in [-0.39, 0.29) is 5.56 Å². The summed E-state index contributed by atoms with van der Waals surface area (Å²) in [5.74, 6) is -1.06. The molecule has 0 fully saturated rings. The van der Waals surface area contributed by atoms with Gasteiger partial charge in [0.05, 0.1) is 4.92 Å². The van der Waals surface area contributed by atoms with Crippen LogP contribution in [-0.4, -0.2) is 38.6 Å². The number of halogens is 3. The Morgan fingerprint density at radius 3 is 2.44 bits per heavy atom. The average molecular weight is 359 g/mol. The number of carbonyl (C=O) groups excluding carboxylic acids is 1. The number of aliphatic hydroxyl groups is 1. The minimum absolute atomic E-state index is 0.246. The van der Waals surface area contributed by atoms with Crippen molar-refractivity contribution in [2.75, 3.05) is 0 Å². The molecule has 0 aliphatic carbocycles. The fraction of sp³-hybridized carbons (Fsp3) is 0.467. The van der Waals surface area contributed by atoms with E-state index in [0.29, 0.717) is 5.01 Å². The van der Waals surface area contributed by atoms with Crippen LogP contribution in [0.5, 0.6) is 0 Å². The highest BCUT2D eigenvalue weighted by Gasteiger charge is 2.57. The van der Waals surface area contributed by atoms with E-state index in [1.807, 2.05) is 0 Å². The van der Waals surface area contributed by atoms with Crippen molar-refractivity contribution in [1.82, 2.24) is 5.01 Å². The van der Waals surface area contributed by atoms with Gasteiger partial charge in [-0.2, -0.15) is 23.3 Å². The summed E-state index contributed by atoms with van der Waals surface area (Å²) in [6.45, 7) is 4.40. The predicted molar refractivity (Wildman–Crippen MR) is 81.8 cm³/mol. The summed E-state index contributed by atoms with van der Waals surface area (Å²) >= 11 is 0. The summed E-state index contributed by atoms with van der Waals surface area (Å²) in [6, 6.07) is 4.50. The Morgan fingerprint density at radius 2 is 1.96 bits per heavy atom. The minimum atomic E-state index is -4.81. The predicted octanol–water partition coefficient (Wildman–Crippen LogP) is 3.09. The smallest absolute Gasteiger partial charge is 0.368 e. The van der Waals surface area contributed by atoms with E-state index in [2.05, 4.69) is 5.10 Å². The Bertz CT molecular complexity index is 755. The van der Waals surface area contributed by atoms with Gasteiger partial charge in [-0.1, -0.05) is 26.8 Å². The maximum Gasteiger partial charge on any atom is 0.431 e. The van der Waals surface area contributed by atoms with Crippen molar-refractivity contribution in [3.05, 3.63) is 39.9 Å². The largest absolute Gasteiger partial charge is 0.431 e. The highest BCUT2D eigenvalue weighted by atomic mass is 19.4. The number of rotatable bonds is 2. The zero-order valence-electron chi connectivity index (χ0n) is 13.7. The molecule has 0 spiro atoms. The molecule has 0 radical (unpaired) electrons. The third kappa shape index (κ3) is 3.34. The second-order valence-corrected chi connectivity index (χ2v) is 6.71. The Balaban J connectivity index is 2.52. The molecule has 0 bridgehead atoms. The fourth-order valence-corrected chi connectivity index (χ4v) is 2.38. The molecule has 25 heavy (non-hydrogen) atoms. The van der Waals surface area contributed by atoms with Gasteiger partial charge in [0.25, 0.3) is 11.6 Å². The number of hydrogen-bond donors (Lipinski definition) is 1. The molecule has 2 rings (SSSR count). The Labute approximate surface area is 140 Å². The van der Waals surface area contributed by atoms with Crippen LogP contribution in [0.15, 0.2) is 29.4 Å². The van der Waals surface area contributed by atoms with Gasteiger partial charge in [-0.15, -0.1) is 0 Å². The standard InChI is InChI=1S/C15H16F3N3O4/c1-13(2,3)14(23)8-11(15(16,17)18)19-20(14)12(22)9-5-4-6-10(7-9)21(24)25/h4-7,23H,8H2,1-3H3/t14-/m0/s1. The molecule has 1 aliphatic rings. The molecule has 0 saturated heterocycles. The van der Waals surface area contributed by atoms with Crippen LogP contribution < -0.4 is 0 Å². The Morgan fingerprint density at radius 1 is 1.36 bits per heavy atom. The van der Waals surface area contributed by atoms with Gasteiger partial charge >= 0.3 is 6.18 Å². The van der Waals surface area contributed by atoms with Gasteiger partial charge in [-0.3, -0.25) is 14.9 Å². The molecule has 1 N–H and O–H groups in total. The lowest BCUT2D eigenvalue weighted by molar-refractivity contribution is -0.384. The SMILES string of the molecule is CC(C)(C)[C@@]1(O)CC(C(F)(F)F)=NN1C(=O)c1cccc([N+](=O)[O-])c1. The van der Waals surface area contributed by atoms with Crippen molar-refractivity contribution in [2.24, 2.45) is 10.5 Å². The highest BCUT2D eigenvalue weighted by Crippen LogP contribution is 2.44. The molecule has 0 aromatic heterocycles. The first-order valence-corrected chi connectivity index (χ1v) is 7.23. The van der Waals surface area contributed by atoms with Crippen LogP contribution in [0, 0.1) is 15.5 Å². The molecule has 1 amide bonds. The molecule has 0 unspecified atom stereocenters. The quantitative estimate of drug-likeness (QED) is 0.648. The molecule has 1 aromatic carbocycles. The molecule has 1 aliphatic heterocycles. The number of hydrazone groups is 1. The molecular formula is C15H16F3N3O4. The summed E-state index contributed by atoms with van der Waals surface area (Å²) in [5, 5.41) is 25.3. The fourth-order valence-electron chi connectivity index (χ4n) is 2.38. The maximum atomic E-state index is 13.0. The van der Waals surface area contributed by atoms with Crippen LogP contribution in [0.2, 0.25) is 0 Å². The number of nitro benzene ring substituents is 1. The van der Waals surface area contributed by atoms with E-state index in [4.69, 9.17) is 0 Å². The van der Waals surface area contributed by atoms with Gasteiger partial charge in [-0.25, -0.2) is 0 Å². The molecule has 10 heteroatoms. The van der Waals surface area contributed by atoms with Gasteiger partial charge < -0.3 is 5.11 Å².